The summed E-state index contributed by atoms with van der Waals surface area (Å²) < 4.78 is 10.9. The third-order valence-corrected chi connectivity index (χ3v) is 3.36. The van der Waals surface area contributed by atoms with E-state index in [9.17, 15) is 0 Å². The Labute approximate surface area is 119 Å². The van der Waals surface area contributed by atoms with E-state index in [0.29, 0.717) is 0 Å². The molecule has 0 unspecified atom stereocenters. The average molecular weight is 315 g/mol. The van der Waals surface area contributed by atoms with E-state index >= 15 is 0 Å². The largest absolute Gasteiger partial charge is 0.493 e. The molecule has 0 aliphatic heterocycles. The molecule has 1 aromatic carbocycles. The van der Waals surface area contributed by atoms with Crippen LogP contribution in [0.5, 0.6) is 5.75 Å². The van der Waals surface area contributed by atoms with Crippen LogP contribution in [0.15, 0.2) is 24.3 Å². The van der Waals surface area contributed by atoms with Gasteiger partial charge in [-0.05, 0) is 37.3 Å². The van der Waals surface area contributed by atoms with Crippen molar-refractivity contribution in [2.45, 2.75) is 32.1 Å². The van der Waals surface area contributed by atoms with Gasteiger partial charge in [0.15, 0.2) is 0 Å². The minimum Gasteiger partial charge on any atom is -0.493 e. The van der Waals surface area contributed by atoms with Crippen LogP contribution in [0.2, 0.25) is 0 Å². The van der Waals surface area contributed by atoms with Crippen molar-refractivity contribution >= 4 is 15.9 Å². The molecule has 0 saturated carbocycles. The SMILES string of the molecule is COCCCCCc1ccccc1OCCCBr. The molecule has 0 aliphatic rings. The predicted octanol–water partition coefficient (Wildman–Crippen LogP) is 4.21. The van der Waals surface area contributed by atoms with Crippen LogP contribution in [0.25, 0.3) is 0 Å². The van der Waals surface area contributed by atoms with Crippen LogP contribution in [0.3, 0.4) is 0 Å². The first-order chi connectivity index (χ1) is 8.88. The smallest absolute Gasteiger partial charge is 0.122 e. The first-order valence-electron chi connectivity index (χ1n) is 6.64. The molecule has 0 spiro atoms. The number of alkyl halides is 1. The summed E-state index contributed by atoms with van der Waals surface area (Å²) in [6.45, 7) is 1.65. The summed E-state index contributed by atoms with van der Waals surface area (Å²) in [6.07, 6.45) is 5.69. The standard InChI is InChI=1S/C15H23BrO2/c1-17-12-6-2-3-8-14-9-4-5-10-15(14)18-13-7-11-16/h4-5,9-10H,2-3,6-8,11-13H2,1H3. The number of methoxy groups -OCH3 is 1. The van der Waals surface area contributed by atoms with Crippen LogP contribution in [-0.2, 0) is 11.2 Å². The number of unbranched alkanes of at least 4 members (excludes halogenated alkanes) is 2. The second-order valence-corrected chi connectivity index (χ2v) is 5.10. The number of aryl methyl sites for hydroxylation is 1. The molecule has 102 valence electrons. The number of hydrogen-bond acceptors (Lipinski definition) is 2. The highest BCUT2D eigenvalue weighted by atomic mass is 79.9. The molecule has 1 aromatic rings. The van der Waals surface area contributed by atoms with E-state index in [-0.39, 0.29) is 0 Å². The molecule has 0 aliphatic carbocycles. The minimum absolute atomic E-state index is 0.784. The van der Waals surface area contributed by atoms with E-state index in [0.717, 1.165) is 43.6 Å². The zero-order valence-corrected chi connectivity index (χ0v) is 12.7. The normalized spacial score (nSPS) is 10.6. The van der Waals surface area contributed by atoms with E-state index in [4.69, 9.17) is 9.47 Å². The quantitative estimate of drug-likeness (QED) is 0.476. The second-order valence-electron chi connectivity index (χ2n) is 4.30. The molecule has 2 nitrogen and oxygen atoms in total. The maximum absolute atomic E-state index is 5.80. The van der Waals surface area contributed by atoms with Crippen molar-refractivity contribution in [1.29, 1.82) is 0 Å². The van der Waals surface area contributed by atoms with Gasteiger partial charge in [-0.15, -0.1) is 0 Å². The van der Waals surface area contributed by atoms with Crippen molar-refractivity contribution in [3.63, 3.8) is 0 Å². The zero-order valence-electron chi connectivity index (χ0n) is 11.2. The monoisotopic (exact) mass is 314 g/mol. The van der Waals surface area contributed by atoms with Gasteiger partial charge in [-0.2, -0.15) is 0 Å². The molecule has 0 fully saturated rings. The Morgan fingerprint density at radius 3 is 2.61 bits per heavy atom. The molecule has 0 aromatic heterocycles. The summed E-state index contributed by atoms with van der Waals surface area (Å²) in [4.78, 5) is 0. The van der Waals surface area contributed by atoms with Crippen LogP contribution in [0.1, 0.15) is 31.2 Å². The Hall–Kier alpha value is -0.540. The molecule has 1 rings (SSSR count). The number of rotatable bonds is 10. The lowest BCUT2D eigenvalue weighted by Crippen LogP contribution is -2.01. The van der Waals surface area contributed by atoms with Gasteiger partial charge in [0.1, 0.15) is 5.75 Å². The third-order valence-electron chi connectivity index (χ3n) is 2.80. The Kier molecular flexibility index (Phi) is 8.96. The van der Waals surface area contributed by atoms with Gasteiger partial charge in [-0.3, -0.25) is 0 Å². The molecule has 0 bridgehead atoms. The highest BCUT2D eigenvalue weighted by molar-refractivity contribution is 9.09. The lowest BCUT2D eigenvalue weighted by atomic mass is 10.1. The molecular weight excluding hydrogens is 292 g/mol. The van der Waals surface area contributed by atoms with Gasteiger partial charge in [0.25, 0.3) is 0 Å². The molecule has 0 amide bonds. The molecule has 0 saturated heterocycles. The minimum atomic E-state index is 0.784. The number of benzene rings is 1. The zero-order chi connectivity index (χ0) is 13.1. The van der Waals surface area contributed by atoms with Gasteiger partial charge in [-0.1, -0.05) is 40.5 Å². The van der Waals surface area contributed by atoms with Crippen molar-refractivity contribution in [2.24, 2.45) is 0 Å². The fourth-order valence-corrected chi connectivity index (χ4v) is 2.06. The summed E-state index contributed by atoms with van der Waals surface area (Å²) in [5, 5.41) is 0.992. The van der Waals surface area contributed by atoms with E-state index < -0.39 is 0 Å². The van der Waals surface area contributed by atoms with Crippen molar-refractivity contribution < 1.29 is 9.47 Å². The molecule has 0 atom stereocenters. The first kappa shape index (κ1) is 15.5. The van der Waals surface area contributed by atoms with E-state index in [1.165, 1.54) is 18.4 Å². The lowest BCUT2D eigenvalue weighted by molar-refractivity contribution is 0.192. The second kappa shape index (κ2) is 10.4. The van der Waals surface area contributed by atoms with E-state index in [2.05, 4.69) is 34.1 Å². The fraction of sp³-hybridized carbons (Fsp3) is 0.600. The van der Waals surface area contributed by atoms with Gasteiger partial charge in [-0.25, -0.2) is 0 Å². The summed E-state index contributed by atoms with van der Waals surface area (Å²) in [5.74, 6) is 1.05. The van der Waals surface area contributed by atoms with Crippen molar-refractivity contribution in [3.8, 4) is 5.75 Å². The molecular formula is C15H23BrO2. The maximum atomic E-state index is 5.80. The lowest BCUT2D eigenvalue weighted by Gasteiger charge is -2.10. The van der Waals surface area contributed by atoms with E-state index in [1.54, 1.807) is 7.11 Å². The number of para-hydroxylation sites is 1. The van der Waals surface area contributed by atoms with Gasteiger partial charge >= 0.3 is 0 Å². The Morgan fingerprint density at radius 1 is 1.00 bits per heavy atom. The highest BCUT2D eigenvalue weighted by Crippen LogP contribution is 2.20. The molecule has 0 heterocycles. The third kappa shape index (κ3) is 6.41. The average Bonchev–Trinajstić information content (AvgIpc) is 2.40. The molecule has 0 N–H and O–H groups in total. The van der Waals surface area contributed by atoms with Crippen LogP contribution >= 0.6 is 15.9 Å². The Bertz CT molecular complexity index is 315. The predicted molar refractivity (Wildman–Crippen MR) is 79.8 cm³/mol. The van der Waals surface area contributed by atoms with Crippen molar-refractivity contribution in [2.75, 3.05) is 25.7 Å². The van der Waals surface area contributed by atoms with Gasteiger partial charge in [0.2, 0.25) is 0 Å². The molecule has 0 radical (unpaired) electrons. The fourth-order valence-electron chi connectivity index (χ4n) is 1.83. The Morgan fingerprint density at radius 2 is 1.83 bits per heavy atom. The van der Waals surface area contributed by atoms with Crippen LogP contribution in [0, 0.1) is 0 Å². The number of hydrogen-bond donors (Lipinski definition) is 0. The summed E-state index contributed by atoms with van der Waals surface area (Å²) >= 11 is 3.42. The van der Waals surface area contributed by atoms with Gasteiger partial charge in [0, 0.05) is 19.0 Å². The highest BCUT2D eigenvalue weighted by Gasteiger charge is 2.02. The molecule has 18 heavy (non-hydrogen) atoms. The van der Waals surface area contributed by atoms with E-state index in [1.807, 2.05) is 6.07 Å². The van der Waals surface area contributed by atoms with Crippen LogP contribution < -0.4 is 4.74 Å². The topological polar surface area (TPSA) is 18.5 Å². The van der Waals surface area contributed by atoms with Crippen LogP contribution in [0.4, 0.5) is 0 Å². The first-order valence-corrected chi connectivity index (χ1v) is 7.76. The van der Waals surface area contributed by atoms with Crippen LogP contribution in [-0.4, -0.2) is 25.7 Å². The van der Waals surface area contributed by atoms with Gasteiger partial charge in [0.05, 0.1) is 6.61 Å². The summed E-state index contributed by atoms with van der Waals surface area (Å²) in [7, 11) is 1.76. The Balaban J connectivity index is 2.33. The number of halogens is 1. The van der Waals surface area contributed by atoms with Crippen molar-refractivity contribution in [1.82, 2.24) is 0 Å². The maximum Gasteiger partial charge on any atom is 0.122 e. The van der Waals surface area contributed by atoms with Crippen molar-refractivity contribution in [3.05, 3.63) is 29.8 Å². The van der Waals surface area contributed by atoms with Gasteiger partial charge < -0.3 is 9.47 Å². The summed E-state index contributed by atoms with van der Waals surface area (Å²) in [5.41, 5.74) is 1.32. The molecule has 3 heteroatoms. The summed E-state index contributed by atoms with van der Waals surface area (Å²) in [6, 6.07) is 8.36. The number of ether oxygens (including phenoxy) is 2.